The van der Waals surface area contributed by atoms with Gasteiger partial charge in [-0.05, 0) is 42.5 Å². The van der Waals surface area contributed by atoms with Crippen molar-refractivity contribution < 1.29 is 22.4 Å². The van der Waals surface area contributed by atoms with Crippen molar-refractivity contribution in [3.8, 4) is 5.75 Å². The zero-order chi connectivity index (χ0) is 23.7. The summed E-state index contributed by atoms with van der Waals surface area (Å²) in [4.78, 5) is 13.1. The largest absolute Gasteiger partial charge is 0.495 e. The quantitative estimate of drug-likeness (QED) is 0.333. The molecule has 1 aromatic heterocycles. The van der Waals surface area contributed by atoms with Crippen LogP contribution in [0.25, 0.3) is 21.9 Å². The van der Waals surface area contributed by atoms with Crippen LogP contribution < -0.4 is 14.8 Å². The third-order valence-electron chi connectivity index (χ3n) is 5.38. The van der Waals surface area contributed by atoms with Crippen LogP contribution in [0.5, 0.6) is 5.75 Å². The average molecular weight is 473 g/mol. The van der Waals surface area contributed by atoms with E-state index in [1.165, 1.54) is 25.3 Å². The molecular weight excluding hydrogens is 452 g/mol. The summed E-state index contributed by atoms with van der Waals surface area (Å²) in [5, 5.41) is 4.66. The number of para-hydroxylation sites is 1. The van der Waals surface area contributed by atoms with E-state index in [0.29, 0.717) is 17.0 Å². The number of carbonyl (C=O) groups excluding carboxylic acids is 1. The Bertz CT molecular complexity index is 1630. The zero-order valence-electron chi connectivity index (χ0n) is 18.1. The number of methoxy groups -OCH3 is 1. The number of nitrogens with one attached hydrogen (secondary N) is 2. The molecule has 34 heavy (non-hydrogen) atoms. The predicted octanol–water partition coefficient (Wildman–Crippen LogP) is 5.65. The number of rotatable bonds is 6. The molecule has 0 atom stereocenters. The molecule has 5 aromatic rings. The maximum atomic E-state index is 13.0. The minimum Gasteiger partial charge on any atom is -0.495 e. The highest BCUT2D eigenvalue weighted by Crippen LogP contribution is 2.36. The molecule has 0 saturated heterocycles. The normalized spacial score (nSPS) is 11.4. The van der Waals surface area contributed by atoms with E-state index in [9.17, 15) is 13.2 Å². The SMILES string of the molecule is COc1cc2c(cc1NC(=O)c1cccc(NS(=O)(=O)c3ccccc3)c1)oc1ccccc12. The predicted molar refractivity (Wildman–Crippen MR) is 132 cm³/mol. The van der Waals surface area contributed by atoms with E-state index in [2.05, 4.69) is 10.0 Å². The minimum absolute atomic E-state index is 0.133. The molecule has 0 fully saturated rings. The number of benzene rings is 4. The summed E-state index contributed by atoms with van der Waals surface area (Å²) in [5.41, 5.74) is 2.34. The Morgan fingerprint density at radius 2 is 1.59 bits per heavy atom. The van der Waals surface area contributed by atoms with E-state index in [1.807, 2.05) is 30.3 Å². The lowest BCUT2D eigenvalue weighted by molar-refractivity contribution is 0.102. The van der Waals surface area contributed by atoms with Gasteiger partial charge in [0.15, 0.2) is 0 Å². The molecular formula is C26H20N2O5S. The fourth-order valence-electron chi connectivity index (χ4n) is 3.75. The van der Waals surface area contributed by atoms with Crippen molar-refractivity contribution in [2.75, 3.05) is 17.1 Å². The molecule has 4 aromatic carbocycles. The fourth-order valence-corrected chi connectivity index (χ4v) is 4.82. The van der Waals surface area contributed by atoms with Crippen LogP contribution in [0.1, 0.15) is 10.4 Å². The molecule has 0 aliphatic heterocycles. The molecule has 0 radical (unpaired) electrons. The van der Waals surface area contributed by atoms with Gasteiger partial charge in [0.1, 0.15) is 16.9 Å². The highest BCUT2D eigenvalue weighted by atomic mass is 32.2. The molecule has 0 bridgehead atoms. The number of hydrogen-bond acceptors (Lipinski definition) is 5. The van der Waals surface area contributed by atoms with Crippen LogP contribution in [0.2, 0.25) is 0 Å². The summed E-state index contributed by atoms with van der Waals surface area (Å²) in [6.07, 6.45) is 0. The van der Waals surface area contributed by atoms with E-state index < -0.39 is 15.9 Å². The van der Waals surface area contributed by atoms with Gasteiger partial charge in [-0.1, -0.05) is 42.5 Å². The van der Waals surface area contributed by atoms with Crippen LogP contribution in [-0.2, 0) is 10.0 Å². The highest BCUT2D eigenvalue weighted by molar-refractivity contribution is 7.92. The van der Waals surface area contributed by atoms with Gasteiger partial charge >= 0.3 is 0 Å². The van der Waals surface area contributed by atoms with E-state index in [1.54, 1.807) is 42.5 Å². The first-order valence-corrected chi connectivity index (χ1v) is 11.9. The van der Waals surface area contributed by atoms with E-state index in [0.717, 1.165) is 16.4 Å². The maximum absolute atomic E-state index is 13.0. The van der Waals surface area contributed by atoms with E-state index >= 15 is 0 Å². The third kappa shape index (κ3) is 4.06. The van der Waals surface area contributed by atoms with Gasteiger partial charge in [0.05, 0.1) is 17.7 Å². The first kappa shape index (κ1) is 21.5. The van der Waals surface area contributed by atoms with Crippen LogP contribution in [-0.4, -0.2) is 21.4 Å². The number of furan rings is 1. The van der Waals surface area contributed by atoms with Crippen molar-refractivity contribution in [3.05, 3.63) is 96.6 Å². The van der Waals surface area contributed by atoms with Gasteiger partial charge in [-0.3, -0.25) is 9.52 Å². The smallest absolute Gasteiger partial charge is 0.261 e. The number of fused-ring (bicyclic) bond motifs is 3. The van der Waals surface area contributed by atoms with Gasteiger partial charge in [-0.2, -0.15) is 0 Å². The number of sulfonamides is 1. The second-order valence-electron chi connectivity index (χ2n) is 7.60. The maximum Gasteiger partial charge on any atom is 0.261 e. The second-order valence-corrected chi connectivity index (χ2v) is 9.28. The van der Waals surface area contributed by atoms with Crippen molar-refractivity contribution in [3.63, 3.8) is 0 Å². The number of amides is 1. The van der Waals surface area contributed by atoms with Gasteiger partial charge in [0.25, 0.3) is 15.9 Å². The molecule has 0 unspecified atom stereocenters. The zero-order valence-corrected chi connectivity index (χ0v) is 18.9. The van der Waals surface area contributed by atoms with Crippen LogP contribution >= 0.6 is 0 Å². The average Bonchev–Trinajstić information content (AvgIpc) is 3.21. The summed E-state index contributed by atoms with van der Waals surface area (Å²) in [6, 6.07) is 25.5. The number of ether oxygens (including phenoxy) is 1. The Kier molecular flexibility index (Phi) is 5.43. The molecule has 5 rings (SSSR count). The molecule has 0 saturated carbocycles. The Morgan fingerprint density at radius 3 is 2.38 bits per heavy atom. The monoisotopic (exact) mass is 472 g/mol. The highest BCUT2D eigenvalue weighted by Gasteiger charge is 2.17. The van der Waals surface area contributed by atoms with Crippen molar-refractivity contribution in [2.45, 2.75) is 4.90 Å². The summed E-state index contributed by atoms with van der Waals surface area (Å²) >= 11 is 0. The summed E-state index contributed by atoms with van der Waals surface area (Å²) in [7, 11) is -2.25. The van der Waals surface area contributed by atoms with Crippen molar-refractivity contribution in [2.24, 2.45) is 0 Å². The van der Waals surface area contributed by atoms with Gasteiger partial charge in [-0.15, -0.1) is 0 Å². The van der Waals surface area contributed by atoms with Gasteiger partial charge in [0, 0.05) is 28.1 Å². The number of hydrogen-bond donors (Lipinski definition) is 2. The molecule has 1 amide bonds. The van der Waals surface area contributed by atoms with Crippen LogP contribution in [0.4, 0.5) is 11.4 Å². The lowest BCUT2D eigenvalue weighted by Crippen LogP contribution is -2.15. The number of carbonyl (C=O) groups is 1. The van der Waals surface area contributed by atoms with Crippen molar-refractivity contribution in [1.29, 1.82) is 0 Å². The molecule has 0 aliphatic carbocycles. The standard InChI is InChI=1S/C26H20N2O5S/c1-32-25-15-21-20-12-5-6-13-23(20)33-24(21)16-22(25)27-26(29)17-8-7-9-18(14-17)28-34(30,31)19-10-3-2-4-11-19/h2-16,28H,1H3,(H,27,29). The molecule has 170 valence electrons. The number of anilines is 2. The van der Waals surface area contributed by atoms with Gasteiger partial charge in [0.2, 0.25) is 0 Å². The lowest BCUT2D eigenvalue weighted by atomic mass is 10.1. The lowest BCUT2D eigenvalue weighted by Gasteiger charge is -2.12. The molecule has 0 spiro atoms. The molecule has 8 heteroatoms. The second kappa shape index (κ2) is 8.57. The van der Waals surface area contributed by atoms with Crippen LogP contribution in [0.3, 0.4) is 0 Å². The van der Waals surface area contributed by atoms with E-state index in [-0.39, 0.29) is 16.1 Å². The summed E-state index contributed by atoms with van der Waals surface area (Å²) in [6.45, 7) is 0. The van der Waals surface area contributed by atoms with Crippen molar-refractivity contribution >= 4 is 49.2 Å². The first-order valence-electron chi connectivity index (χ1n) is 10.4. The molecule has 7 nitrogen and oxygen atoms in total. The molecule has 2 N–H and O–H groups in total. The van der Waals surface area contributed by atoms with Crippen molar-refractivity contribution in [1.82, 2.24) is 0 Å². The van der Waals surface area contributed by atoms with E-state index in [4.69, 9.17) is 9.15 Å². The third-order valence-corrected chi connectivity index (χ3v) is 6.77. The molecule has 0 aliphatic rings. The molecule has 1 heterocycles. The topological polar surface area (TPSA) is 97.6 Å². The van der Waals surface area contributed by atoms with Gasteiger partial charge in [-0.25, -0.2) is 8.42 Å². The Morgan fingerprint density at radius 1 is 0.824 bits per heavy atom. The first-order chi connectivity index (χ1) is 16.4. The summed E-state index contributed by atoms with van der Waals surface area (Å²) < 4.78 is 39.2. The minimum atomic E-state index is -3.78. The van der Waals surface area contributed by atoms with Crippen LogP contribution in [0.15, 0.2) is 100 Å². The van der Waals surface area contributed by atoms with Crippen LogP contribution in [0, 0.1) is 0 Å². The Balaban J connectivity index is 1.43. The summed E-state index contributed by atoms with van der Waals surface area (Å²) in [5.74, 6) is 0.0582. The van der Waals surface area contributed by atoms with Gasteiger partial charge < -0.3 is 14.5 Å². The fraction of sp³-hybridized carbons (Fsp3) is 0.0385. The Labute approximate surface area is 196 Å². The Hall–Kier alpha value is -4.30.